The van der Waals surface area contributed by atoms with Crippen molar-refractivity contribution in [1.29, 1.82) is 0 Å². The number of carbonyl (C=O) groups excluding carboxylic acids is 1. The highest BCUT2D eigenvalue weighted by molar-refractivity contribution is 5.86. The lowest BCUT2D eigenvalue weighted by Gasteiger charge is -2.32. The van der Waals surface area contributed by atoms with Gasteiger partial charge >= 0.3 is 6.03 Å². The number of amidine groups is 1. The molecular formula is C10H20N4O2. The van der Waals surface area contributed by atoms with Crippen LogP contribution in [0.1, 0.15) is 26.2 Å². The molecule has 0 aromatic carbocycles. The van der Waals surface area contributed by atoms with E-state index in [9.17, 15) is 4.79 Å². The molecule has 6 heteroatoms. The first kappa shape index (κ1) is 12.6. The van der Waals surface area contributed by atoms with Crippen LogP contribution in [0.25, 0.3) is 0 Å². The van der Waals surface area contributed by atoms with Crippen molar-refractivity contribution < 1.29 is 10.0 Å². The molecule has 1 aliphatic heterocycles. The lowest BCUT2D eigenvalue weighted by Crippen LogP contribution is -2.48. The molecule has 2 amide bonds. The van der Waals surface area contributed by atoms with Gasteiger partial charge in [0.25, 0.3) is 0 Å². The Morgan fingerprint density at radius 3 is 2.56 bits per heavy atom. The van der Waals surface area contributed by atoms with Crippen LogP contribution in [0.5, 0.6) is 0 Å². The van der Waals surface area contributed by atoms with Crippen molar-refractivity contribution in [2.75, 3.05) is 26.2 Å². The summed E-state index contributed by atoms with van der Waals surface area (Å²) >= 11 is 0. The van der Waals surface area contributed by atoms with Crippen molar-refractivity contribution in [3.05, 3.63) is 0 Å². The van der Waals surface area contributed by atoms with Crippen molar-refractivity contribution in [2.24, 2.45) is 10.9 Å². The molecule has 0 aromatic rings. The Kier molecular flexibility index (Phi) is 4.88. The number of carbonyl (C=O) groups is 1. The summed E-state index contributed by atoms with van der Waals surface area (Å²) in [6.07, 6.45) is 3.32. The number of likely N-dealkylation sites (N-methyl/N-ethyl adjacent to an activating group) is 1. The number of nitrogens with two attached hydrogens (primary N) is 1. The third kappa shape index (κ3) is 3.29. The average Bonchev–Trinajstić information content (AvgIpc) is 2.35. The predicted octanol–water partition coefficient (Wildman–Crippen LogP) is 0.661. The molecule has 0 aromatic heterocycles. The number of likely N-dealkylation sites (tertiary alicyclic amines) is 1. The summed E-state index contributed by atoms with van der Waals surface area (Å²) in [4.78, 5) is 15.5. The van der Waals surface area contributed by atoms with Gasteiger partial charge in [0.15, 0.2) is 5.84 Å². The van der Waals surface area contributed by atoms with E-state index >= 15 is 0 Å². The quantitative estimate of drug-likeness (QED) is 0.322. The molecule has 16 heavy (non-hydrogen) atoms. The van der Waals surface area contributed by atoms with Crippen LogP contribution in [0.4, 0.5) is 4.79 Å². The molecule has 0 spiro atoms. The van der Waals surface area contributed by atoms with E-state index in [2.05, 4.69) is 5.16 Å². The lowest BCUT2D eigenvalue weighted by atomic mass is 10.1. The van der Waals surface area contributed by atoms with E-state index in [1.54, 1.807) is 4.90 Å². The molecule has 92 valence electrons. The maximum absolute atomic E-state index is 12.0. The molecule has 0 atom stereocenters. The first-order chi connectivity index (χ1) is 7.69. The Morgan fingerprint density at radius 1 is 1.44 bits per heavy atom. The normalized spacial score (nSPS) is 17.3. The zero-order valence-corrected chi connectivity index (χ0v) is 9.72. The van der Waals surface area contributed by atoms with Crippen LogP contribution in [-0.4, -0.2) is 53.1 Å². The molecule has 6 nitrogen and oxygen atoms in total. The SMILES string of the molecule is CCN(CC(N)=NO)C(=O)N1CCCCC1. The summed E-state index contributed by atoms with van der Waals surface area (Å²) in [6, 6.07) is -0.0196. The average molecular weight is 228 g/mol. The molecule has 1 heterocycles. The van der Waals surface area contributed by atoms with Crippen molar-refractivity contribution in [1.82, 2.24) is 9.80 Å². The highest BCUT2D eigenvalue weighted by Crippen LogP contribution is 2.11. The monoisotopic (exact) mass is 228 g/mol. The fourth-order valence-corrected chi connectivity index (χ4v) is 1.83. The van der Waals surface area contributed by atoms with Gasteiger partial charge in [-0.25, -0.2) is 4.79 Å². The number of oxime groups is 1. The number of hydrogen-bond donors (Lipinski definition) is 2. The first-order valence-electron chi connectivity index (χ1n) is 5.69. The van der Waals surface area contributed by atoms with E-state index in [1.165, 1.54) is 6.42 Å². The van der Waals surface area contributed by atoms with Gasteiger partial charge in [0.1, 0.15) is 0 Å². The van der Waals surface area contributed by atoms with Crippen LogP contribution in [0.2, 0.25) is 0 Å². The molecular weight excluding hydrogens is 208 g/mol. The number of rotatable bonds is 3. The Morgan fingerprint density at radius 2 is 2.06 bits per heavy atom. The summed E-state index contributed by atoms with van der Waals surface area (Å²) in [5.41, 5.74) is 5.40. The Hall–Kier alpha value is -1.46. The molecule has 0 radical (unpaired) electrons. The van der Waals surface area contributed by atoms with E-state index in [0.717, 1.165) is 25.9 Å². The van der Waals surface area contributed by atoms with Gasteiger partial charge in [-0.15, -0.1) is 0 Å². The van der Waals surface area contributed by atoms with Crippen LogP contribution < -0.4 is 5.73 Å². The zero-order valence-electron chi connectivity index (χ0n) is 9.72. The second-order valence-electron chi connectivity index (χ2n) is 3.94. The highest BCUT2D eigenvalue weighted by Gasteiger charge is 2.21. The molecule has 0 aliphatic carbocycles. The Bertz CT molecular complexity index is 262. The topological polar surface area (TPSA) is 82.2 Å². The fourth-order valence-electron chi connectivity index (χ4n) is 1.83. The van der Waals surface area contributed by atoms with Crippen LogP contribution in [-0.2, 0) is 0 Å². The van der Waals surface area contributed by atoms with E-state index in [0.29, 0.717) is 6.54 Å². The van der Waals surface area contributed by atoms with E-state index < -0.39 is 0 Å². The van der Waals surface area contributed by atoms with Gasteiger partial charge in [-0.05, 0) is 26.2 Å². The van der Waals surface area contributed by atoms with Gasteiger partial charge in [-0.3, -0.25) is 0 Å². The lowest BCUT2D eigenvalue weighted by molar-refractivity contribution is 0.151. The minimum Gasteiger partial charge on any atom is -0.409 e. The summed E-state index contributed by atoms with van der Waals surface area (Å²) in [5.74, 6) is 0.0622. The van der Waals surface area contributed by atoms with Crippen molar-refractivity contribution in [3.8, 4) is 0 Å². The molecule has 0 saturated carbocycles. The van der Waals surface area contributed by atoms with Crippen molar-refractivity contribution in [2.45, 2.75) is 26.2 Å². The van der Waals surface area contributed by atoms with Crippen LogP contribution in [0.15, 0.2) is 5.16 Å². The van der Waals surface area contributed by atoms with E-state index in [-0.39, 0.29) is 18.4 Å². The second-order valence-corrected chi connectivity index (χ2v) is 3.94. The number of nitrogens with zero attached hydrogens (tertiary/aromatic N) is 3. The van der Waals surface area contributed by atoms with E-state index in [1.807, 2.05) is 11.8 Å². The minimum absolute atomic E-state index is 0.0196. The molecule has 1 fully saturated rings. The van der Waals surface area contributed by atoms with Gasteiger partial charge in [0.2, 0.25) is 0 Å². The molecule has 1 saturated heterocycles. The summed E-state index contributed by atoms with van der Waals surface area (Å²) in [6.45, 7) is 4.25. The smallest absolute Gasteiger partial charge is 0.320 e. The molecule has 0 bridgehead atoms. The van der Waals surface area contributed by atoms with Gasteiger partial charge in [-0.1, -0.05) is 5.16 Å². The number of hydrogen-bond acceptors (Lipinski definition) is 3. The minimum atomic E-state index is -0.0196. The van der Waals surface area contributed by atoms with Crippen molar-refractivity contribution in [3.63, 3.8) is 0 Å². The number of piperidine rings is 1. The Labute approximate surface area is 95.7 Å². The van der Waals surface area contributed by atoms with Crippen molar-refractivity contribution >= 4 is 11.9 Å². The molecule has 1 aliphatic rings. The van der Waals surface area contributed by atoms with Crippen LogP contribution in [0.3, 0.4) is 0 Å². The summed E-state index contributed by atoms with van der Waals surface area (Å²) in [5, 5.41) is 11.4. The maximum Gasteiger partial charge on any atom is 0.320 e. The largest absolute Gasteiger partial charge is 0.409 e. The second kappa shape index (κ2) is 6.19. The Balaban J connectivity index is 2.54. The van der Waals surface area contributed by atoms with Gasteiger partial charge in [0.05, 0.1) is 6.54 Å². The first-order valence-corrected chi connectivity index (χ1v) is 5.69. The standard InChI is InChI=1S/C10H20N4O2/c1-2-13(8-9(11)12-16)10(15)14-6-4-3-5-7-14/h16H,2-8H2,1H3,(H2,11,12). The highest BCUT2D eigenvalue weighted by atomic mass is 16.4. The number of amides is 2. The summed E-state index contributed by atoms with van der Waals surface area (Å²) in [7, 11) is 0. The van der Waals surface area contributed by atoms with Crippen LogP contribution in [0, 0.1) is 0 Å². The predicted molar refractivity (Wildman–Crippen MR) is 61.5 cm³/mol. The van der Waals surface area contributed by atoms with Gasteiger partial charge in [-0.2, -0.15) is 0 Å². The third-order valence-electron chi connectivity index (χ3n) is 2.76. The van der Waals surface area contributed by atoms with Gasteiger partial charge < -0.3 is 20.7 Å². The number of urea groups is 1. The molecule has 0 unspecified atom stereocenters. The fraction of sp³-hybridized carbons (Fsp3) is 0.800. The summed E-state index contributed by atoms with van der Waals surface area (Å²) < 4.78 is 0. The molecule has 3 N–H and O–H groups in total. The zero-order chi connectivity index (χ0) is 12.0. The van der Waals surface area contributed by atoms with Gasteiger partial charge in [0, 0.05) is 19.6 Å². The third-order valence-corrected chi connectivity index (χ3v) is 2.76. The maximum atomic E-state index is 12.0. The molecule has 1 rings (SSSR count). The van der Waals surface area contributed by atoms with E-state index in [4.69, 9.17) is 10.9 Å². The van der Waals surface area contributed by atoms with Crippen LogP contribution >= 0.6 is 0 Å².